The minimum Gasteiger partial charge on any atom is -0.369 e. The summed E-state index contributed by atoms with van der Waals surface area (Å²) in [6, 6.07) is 6.43. The standard InChI is InChI=1S/C12H16N4/c1-15-4-6-16(7-5-15)10-2-3-11-12(8-10)14-9-13-11/h2-3,8-9H,4-7H2,1H3,(H,13,14). The molecule has 0 bridgehead atoms. The number of hydrogen-bond acceptors (Lipinski definition) is 3. The number of anilines is 1. The van der Waals surface area contributed by atoms with E-state index >= 15 is 0 Å². The van der Waals surface area contributed by atoms with Crippen molar-refractivity contribution in [2.75, 3.05) is 38.1 Å². The Hall–Kier alpha value is -1.55. The third-order valence-corrected chi connectivity index (χ3v) is 3.27. The van der Waals surface area contributed by atoms with Crippen LogP contribution >= 0.6 is 0 Å². The number of H-pyrrole nitrogens is 1. The lowest BCUT2D eigenvalue weighted by Crippen LogP contribution is -2.44. The van der Waals surface area contributed by atoms with Crippen molar-refractivity contribution < 1.29 is 0 Å². The van der Waals surface area contributed by atoms with Crippen LogP contribution in [0.4, 0.5) is 5.69 Å². The fraction of sp³-hybridized carbons (Fsp3) is 0.417. The summed E-state index contributed by atoms with van der Waals surface area (Å²) in [6.45, 7) is 4.49. The lowest BCUT2D eigenvalue weighted by Gasteiger charge is -2.34. The van der Waals surface area contributed by atoms with Crippen LogP contribution in [0.25, 0.3) is 11.0 Å². The number of fused-ring (bicyclic) bond motifs is 1. The maximum absolute atomic E-state index is 4.23. The first-order valence-corrected chi connectivity index (χ1v) is 5.69. The summed E-state index contributed by atoms with van der Waals surface area (Å²) in [5, 5.41) is 0. The van der Waals surface area contributed by atoms with Gasteiger partial charge in [-0.25, -0.2) is 4.98 Å². The van der Waals surface area contributed by atoms with Crippen molar-refractivity contribution >= 4 is 16.7 Å². The fourth-order valence-electron chi connectivity index (χ4n) is 2.18. The molecule has 4 nitrogen and oxygen atoms in total. The van der Waals surface area contributed by atoms with E-state index in [2.05, 4.69) is 45.0 Å². The van der Waals surface area contributed by atoms with E-state index in [0.29, 0.717) is 0 Å². The monoisotopic (exact) mass is 216 g/mol. The van der Waals surface area contributed by atoms with Gasteiger partial charge in [-0.3, -0.25) is 0 Å². The summed E-state index contributed by atoms with van der Waals surface area (Å²) in [7, 11) is 2.18. The highest BCUT2D eigenvalue weighted by molar-refractivity contribution is 5.79. The van der Waals surface area contributed by atoms with Crippen molar-refractivity contribution in [3.8, 4) is 0 Å². The minimum absolute atomic E-state index is 1.04. The third kappa shape index (κ3) is 1.65. The number of aromatic amines is 1. The molecule has 0 spiro atoms. The molecule has 0 unspecified atom stereocenters. The van der Waals surface area contributed by atoms with Crippen LogP contribution < -0.4 is 4.90 Å². The van der Waals surface area contributed by atoms with Gasteiger partial charge in [0, 0.05) is 31.9 Å². The topological polar surface area (TPSA) is 35.2 Å². The molecule has 16 heavy (non-hydrogen) atoms. The van der Waals surface area contributed by atoms with E-state index < -0.39 is 0 Å². The van der Waals surface area contributed by atoms with Gasteiger partial charge in [-0.15, -0.1) is 0 Å². The Kier molecular flexibility index (Phi) is 2.29. The van der Waals surface area contributed by atoms with Crippen molar-refractivity contribution in [3.63, 3.8) is 0 Å². The molecule has 0 aliphatic carbocycles. The number of benzene rings is 1. The molecule has 2 heterocycles. The first-order valence-electron chi connectivity index (χ1n) is 5.69. The number of nitrogens with one attached hydrogen (secondary N) is 1. The van der Waals surface area contributed by atoms with Gasteiger partial charge in [0.25, 0.3) is 0 Å². The Labute approximate surface area is 94.9 Å². The quantitative estimate of drug-likeness (QED) is 0.780. The van der Waals surface area contributed by atoms with Gasteiger partial charge in [0.15, 0.2) is 0 Å². The van der Waals surface area contributed by atoms with E-state index in [-0.39, 0.29) is 0 Å². The van der Waals surface area contributed by atoms with E-state index in [1.165, 1.54) is 5.69 Å². The van der Waals surface area contributed by atoms with E-state index in [4.69, 9.17) is 0 Å². The zero-order valence-corrected chi connectivity index (χ0v) is 9.48. The molecule has 0 amide bonds. The third-order valence-electron chi connectivity index (χ3n) is 3.27. The predicted octanol–water partition coefficient (Wildman–Crippen LogP) is 1.31. The maximum Gasteiger partial charge on any atom is 0.0931 e. The molecule has 4 heteroatoms. The van der Waals surface area contributed by atoms with Crippen LogP contribution in [0.5, 0.6) is 0 Å². The SMILES string of the molecule is CN1CCN(c2ccc3nc[nH]c3c2)CC1. The van der Waals surface area contributed by atoms with Gasteiger partial charge in [-0.05, 0) is 25.2 Å². The Balaban J connectivity index is 1.87. The number of likely N-dealkylation sites (N-methyl/N-ethyl adjacent to an activating group) is 1. The molecule has 1 aromatic heterocycles. The summed E-state index contributed by atoms with van der Waals surface area (Å²) in [6.07, 6.45) is 1.75. The van der Waals surface area contributed by atoms with Gasteiger partial charge in [-0.1, -0.05) is 0 Å². The summed E-state index contributed by atoms with van der Waals surface area (Å²) in [5.74, 6) is 0. The van der Waals surface area contributed by atoms with E-state index in [9.17, 15) is 0 Å². The first-order chi connectivity index (χ1) is 7.83. The zero-order valence-electron chi connectivity index (χ0n) is 9.48. The highest BCUT2D eigenvalue weighted by atomic mass is 15.2. The molecule has 1 N–H and O–H groups in total. The summed E-state index contributed by atoms with van der Waals surface area (Å²) >= 11 is 0. The van der Waals surface area contributed by atoms with Crippen molar-refractivity contribution in [1.29, 1.82) is 0 Å². The molecule has 1 saturated heterocycles. The number of nitrogens with zero attached hydrogens (tertiary/aromatic N) is 3. The molecule has 1 aromatic carbocycles. The molecular weight excluding hydrogens is 200 g/mol. The van der Waals surface area contributed by atoms with Gasteiger partial charge in [0.2, 0.25) is 0 Å². The first kappa shape index (κ1) is 9.66. The predicted molar refractivity (Wildman–Crippen MR) is 65.8 cm³/mol. The summed E-state index contributed by atoms with van der Waals surface area (Å²) < 4.78 is 0. The van der Waals surface area contributed by atoms with Gasteiger partial charge < -0.3 is 14.8 Å². The Morgan fingerprint density at radius 2 is 2.00 bits per heavy atom. The van der Waals surface area contributed by atoms with Crippen molar-refractivity contribution in [2.24, 2.45) is 0 Å². The highest BCUT2D eigenvalue weighted by Crippen LogP contribution is 2.20. The highest BCUT2D eigenvalue weighted by Gasteiger charge is 2.14. The van der Waals surface area contributed by atoms with Crippen LogP contribution in [0.1, 0.15) is 0 Å². The number of hydrogen-bond donors (Lipinski definition) is 1. The summed E-state index contributed by atoms with van der Waals surface area (Å²) in [4.78, 5) is 12.2. The largest absolute Gasteiger partial charge is 0.369 e. The second-order valence-electron chi connectivity index (χ2n) is 4.39. The number of aromatic nitrogens is 2. The van der Waals surface area contributed by atoms with Crippen molar-refractivity contribution in [3.05, 3.63) is 24.5 Å². The fourth-order valence-corrected chi connectivity index (χ4v) is 2.18. The molecule has 3 rings (SSSR count). The van der Waals surface area contributed by atoms with Crippen LogP contribution in [-0.2, 0) is 0 Å². The molecule has 2 aromatic rings. The lowest BCUT2D eigenvalue weighted by atomic mass is 10.2. The Morgan fingerprint density at radius 3 is 2.81 bits per heavy atom. The zero-order chi connectivity index (χ0) is 11.0. The minimum atomic E-state index is 1.04. The van der Waals surface area contributed by atoms with Gasteiger partial charge in [0.1, 0.15) is 0 Å². The van der Waals surface area contributed by atoms with Gasteiger partial charge in [0.05, 0.1) is 17.4 Å². The number of imidazole rings is 1. The van der Waals surface area contributed by atoms with Gasteiger partial charge in [-0.2, -0.15) is 0 Å². The molecule has 1 aliphatic rings. The van der Waals surface area contributed by atoms with Crippen LogP contribution in [-0.4, -0.2) is 48.1 Å². The van der Waals surface area contributed by atoms with Crippen LogP contribution in [0.2, 0.25) is 0 Å². The Bertz CT molecular complexity index is 482. The second kappa shape index (κ2) is 3.79. The van der Waals surface area contributed by atoms with Crippen LogP contribution in [0, 0.1) is 0 Å². The molecule has 0 atom stereocenters. The molecular formula is C12H16N4. The summed E-state index contributed by atoms with van der Waals surface area (Å²) in [5.41, 5.74) is 3.46. The van der Waals surface area contributed by atoms with Gasteiger partial charge >= 0.3 is 0 Å². The maximum atomic E-state index is 4.23. The molecule has 1 aliphatic heterocycles. The van der Waals surface area contributed by atoms with Crippen molar-refractivity contribution in [1.82, 2.24) is 14.9 Å². The average Bonchev–Trinajstić information content (AvgIpc) is 2.77. The number of rotatable bonds is 1. The van der Waals surface area contributed by atoms with Crippen LogP contribution in [0.3, 0.4) is 0 Å². The molecule has 84 valence electrons. The second-order valence-corrected chi connectivity index (χ2v) is 4.39. The van der Waals surface area contributed by atoms with E-state index in [0.717, 1.165) is 37.2 Å². The van der Waals surface area contributed by atoms with E-state index in [1.54, 1.807) is 6.33 Å². The van der Waals surface area contributed by atoms with Crippen LogP contribution in [0.15, 0.2) is 24.5 Å². The molecule has 0 saturated carbocycles. The lowest BCUT2D eigenvalue weighted by molar-refractivity contribution is 0.313. The van der Waals surface area contributed by atoms with Crippen molar-refractivity contribution in [2.45, 2.75) is 0 Å². The molecule has 0 radical (unpaired) electrons. The Morgan fingerprint density at radius 1 is 1.19 bits per heavy atom. The van der Waals surface area contributed by atoms with E-state index in [1.807, 2.05) is 0 Å². The average molecular weight is 216 g/mol. The molecule has 1 fully saturated rings. The number of piperazine rings is 1. The normalized spacial score (nSPS) is 18.2. The smallest absolute Gasteiger partial charge is 0.0931 e.